The summed E-state index contributed by atoms with van der Waals surface area (Å²) in [5.41, 5.74) is 0. The Labute approximate surface area is 145 Å². The van der Waals surface area contributed by atoms with Gasteiger partial charge in [-0.2, -0.15) is 0 Å². The second-order valence-corrected chi connectivity index (χ2v) is 5.94. The number of carbonyl (C=O) groups is 1. The van der Waals surface area contributed by atoms with E-state index in [4.69, 9.17) is 9.84 Å². The van der Waals surface area contributed by atoms with E-state index in [9.17, 15) is 9.90 Å². The first-order valence-electron chi connectivity index (χ1n) is 8.82. The average molecular weight is 334 g/mol. The standard InChI is InChI=1S/C20H30O4/c1-2-18-19(24-18)15-12-11-14-17(21)13-9-7-5-3-4-6-8-10-16-20(22)23/h4-7,9,11-13,17-19,21H,2-3,8,10,14-16H2,1H3,(H,22,23)/b6-4-,7-5-,12-11-,13-9+/t17-,18-,19+/m0/s1. The van der Waals surface area contributed by atoms with Gasteiger partial charge < -0.3 is 14.9 Å². The molecule has 0 unspecified atom stereocenters. The van der Waals surface area contributed by atoms with Gasteiger partial charge in [0.25, 0.3) is 0 Å². The summed E-state index contributed by atoms with van der Waals surface area (Å²) < 4.78 is 5.45. The number of rotatable bonds is 13. The number of aliphatic hydroxyl groups excluding tert-OH is 1. The second kappa shape index (κ2) is 12.7. The lowest BCUT2D eigenvalue weighted by Crippen LogP contribution is -1.99. The minimum absolute atomic E-state index is 0.224. The molecule has 0 amide bonds. The lowest BCUT2D eigenvalue weighted by molar-refractivity contribution is -0.137. The highest BCUT2D eigenvalue weighted by molar-refractivity contribution is 5.66. The van der Waals surface area contributed by atoms with Gasteiger partial charge >= 0.3 is 5.97 Å². The highest BCUT2D eigenvalue weighted by Gasteiger charge is 2.35. The molecule has 0 aromatic heterocycles. The molecule has 0 spiro atoms. The van der Waals surface area contributed by atoms with E-state index in [1.807, 2.05) is 36.5 Å². The normalized spacial score (nSPS) is 22.2. The van der Waals surface area contributed by atoms with Crippen LogP contribution in [0.5, 0.6) is 0 Å². The summed E-state index contributed by atoms with van der Waals surface area (Å²) in [7, 11) is 0. The molecule has 1 aliphatic heterocycles. The number of allylic oxidation sites excluding steroid dienone is 5. The number of ether oxygens (including phenoxy) is 1. The molecule has 0 saturated carbocycles. The van der Waals surface area contributed by atoms with E-state index >= 15 is 0 Å². The van der Waals surface area contributed by atoms with Gasteiger partial charge in [-0.05, 0) is 38.5 Å². The van der Waals surface area contributed by atoms with Crippen LogP contribution in [-0.4, -0.2) is 34.5 Å². The van der Waals surface area contributed by atoms with Gasteiger partial charge in [0, 0.05) is 6.42 Å². The third kappa shape index (κ3) is 11.0. The van der Waals surface area contributed by atoms with Crippen molar-refractivity contribution in [2.45, 2.75) is 70.2 Å². The van der Waals surface area contributed by atoms with E-state index in [0.717, 1.165) is 25.7 Å². The maximum Gasteiger partial charge on any atom is 0.303 e. The van der Waals surface area contributed by atoms with Crippen molar-refractivity contribution in [2.24, 2.45) is 0 Å². The van der Waals surface area contributed by atoms with E-state index in [-0.39, 0.29) is 6.42 Å². The second-order valence-electron chi connectivity index (χ2n) is 5.94. The molecule has 1 aliphatic rings. The molecule has 0 aliphatic carbocycles. The number of aliphatic carboxylic acids is 1. The van der Waals surface area contributed by atoms with Gasteiger partial charge in [0.2, 0.25) is 0 Å². The summed E-state index contributed by atoms with van der Waals surface area (Å²) in [6.45, 7) is 2.13. The number of carboxylic acids is 1. The molecule has 0 aromatic carbocycles. The van der Waals surface area contributed by atoms with Gasteiger partial charge in [-0.15, -0.1) is 0 Å². The Kier molecular flexibility index (Phi) is 10.8. The quantitative estimate of drug-likeness (QED) is 0.229. The van der Waals surface area contributed by atoms with Crippen LogP contribution in [0.3, 0.4) is 0 Å². The molecule has 1 rings (SSSR count). The predicted octanol–water partition coefficient (Wildman–Crippen LogP) is 4.17. The molecule has 4 nitrogen and oxygen atoms in total. The molecule has 1 saturated heterocycles. The molecule has 1 heterocycles. The van der Waals surface area contributed by atoms with E-state index in [2.05, 4.69) is 13.0 Å². The number of hydrogen-bond donors (Lipinski definition) is 2. The molecule has 0 aromatic rings. The van der Waals surface area contributed by atoms with Crippen molar-refractivity contribution in [3.8, 4) is 0 Å². The summed E-state index contributed by atoms with van der Waals surface area (Å²) in [6.07, 6.45) is 21.2. The van der Waals surface area contributed by atoms with Crippen molar-refractivity contribution in [3.05, 3.63) is 48.6 Å². The monoisotopic (exact) mass is 334 g/mol. The average Bonchev–Trinajstić information content (AvgIpc) is 3.31. The number of aliphatic hydroxyl groups is 1. The molecule has 1 fully saturated rings. The summed E-state index contributed by atoms with van der Waals surface area (Å²) in [4.78, 5) is 10.3. The Morgan fingerprint density at radius 2 is 1.96 bits per heavy atom. The van der Waals surface area contributed by atoms with Crippen LogP contribution in [0.2, 0.25) is 0 Å². The summed E-state index contributed by atoms with van der Waals surface area (Å²) >= 11 is 0. The van der Waals surface area contributed by atoms with Crippen molar-refractivity contribution >= 4 is 5.97 Å². The zero-order chi connectivity index (χ0) is 17.6. The highest BCUT2D eigenvalue weighted by atomic mass is 16.6. The number of carboxylic acid groups (broad SMARTS) is 1. The molecular formula is C20H30O4. The van der Waals surface area contributed by atoms with Crippen LogP contribution in [0.25, 0.3) is 0 Å². The number of unbranched alkanes of at least 4 members (excludes halogenated alkanes) is 1. The maximum atomic E-state index is 10.3. The third-order valence-electron chi connectivity index (χ3n) is 3.78. The summed E-state index contributed by atoms with van der Waals surface area (Å²) in [5, 5.41) is 18.3. The summed E-state index contributed by atoms with van der Waals surface area (Å²) in [5.74, 6) is -0.743. The van der Waals surface area contributed by atoms with Gasteiger partial charge in [-0.1, -0.05) is 55.5 Å². The fourth-order valence-corrected chi connectivity index (χ4v) is 2.30. The number of hydrogen-bond acceptors (Lipinski definition) is 3. The van der Waals surface area contributed by atoms with Gasteiger partial charge in [0.15, 0.2) is 0 Å². The SMILES string of the molecule is CC[C@@H]1O[C@@H]1C/C=C\C[C@@H](O)/C=C/C=C\C/C=C\CCCC(=O)O. The molecular weight excluding hydrogens is 304 g/mol. The van der Waals surface area contributed by atoms with Crippen molar-refractivity contribution in [1.29, 1.82) is 0 Å². The molecule has 2 N–H and O–H groups in total. The molecule has 4 heteroatoms. The first-order valence-corrected chi connectivity index (χ1v) is 8.82. The van der Waals surface area contributed by atoms with Crippen LogP contribution < -0.4 is 0 Å². The lowest BCUT2D eigenvalue weighted by atomic mass is 10.1. The first-order chi connectivity index (χ1) is 11.6. The predicted molar refractivity (Wildman–Crippen MR) is 96.9 cm³/mol. The van der Waals surface area contributed by atoms with E-state index in [1.54, 1.807) is 6.08 Å². The Morgan fingerprint density at radius 3 is 2.67 bits per heavy atom. The van der Waals surface area contributed by atoms with Crippen molar-refractivity contribution in [3.63, 3.8) is 0 Å². The minimum Gasteiger partial charge on any atom is -0.481 e. The highest BCUT2D eigenvalue weighted by Crippen LogP contribution is 2.28. The fourth-order valence-electron chi connectivity index (χ4n) is 2.30. The smallest absolute Gasteiger partial charge is 0.303 e. The van der Waals surface area contributed by atoms with Crippen molar-refractivity contribution < 1.29 is 19.7 Å². The summed E-state index contributed by atoms with van der Waals surface area (Å²) in [6, 6.07) is 0. The van der Waals surface area contributed by atoms with Gasteiger partial charge in [-0.3, -0.25) is 4.79 Å². The molecule has 0 radical (unpaired) electrons. The maximum absolute atomic E-state index is 10.3. The van der Waals surface area contributed by atoms with Crippen molar-refractivity contribution in [1.82, 2.24) is 0 Å². The van der Waals surface area contributed by atoms with E-state index in [0.29, 0.717) is 25.0 Å². The number of epoxide rings is 1. The van der Waals surface area contributed by atoms with Crippen LogP contribution in [-0.2, 0) is 9.53 Å². The van der Waals surface area contributed by atoms with Crippen LogP contribution in [0.15, 0.2) is 48.6 Å². The zero-order valence-corrected chi connectivity index (χ0v) is 14.5. The molecule has 134 valence electrons. The Bertz CT molecular complexity index is 462. The topological polar surface area (TPSA) is 70.1 Å². The zero-order valence-electron chi connectivity index (χ0n) is 14.5. The van der Waals surface area contributed by atoms with E-state index < -0.39 is 12.1 Å². The molecule has 0 bridgehead atoms. The molecule has 24 heavy (non-hydrogen) atoms. The Morgan fingerprint density at radius 1 is 1.12 bits per heavy atom. The fraction of sp³-hybridized carbons (Fsp3) is 0.550. The van der Waals surface area contributed by atoms with Gasteiger partial charge in [0.05, 0.1) is 18.3 Å². The van der Waals surface area contributed by atoms with Gasteiger partial charge in [0.1, 0.15) is 0 Å². The van der Waals surface area contributed by atoms with Gasteiger partial charge in [-0.25, -0.2) is 0 Å². The molecule has 3 atom stereocenters. The van der Waals surface area contributed by atoms with Crippen LogP contribution in [0.4, 0.5) is 0 Å². The van der Waals surface area contributed by atoms with Crippen LogP contribution >= 0.6 is 0 Å². The third-order valence-corrected chi connectivity index (χ3v) is 3.78. The van der Waals surface area contributed by atoms with Crippen LogP contribution in [0, 0.1) is 0 Å². The lowest BCUT2D eigenvalue weighted by Gasteiger charge is -1.98. The largest absolute Gasteiger partial charge is 0.481 e. The first kappa shape index (κ1) is 20.4. The Hall–Kier alpha value is -1.65. The minimum atomic E-state index is -0.743. The van der Waals surface area contributed by atoms with Crippen LogP contribution in [0.1, 0.15) is 51.9 Å². The van der Waals surface area contributed by atoms with E-state index in [1.165, 1.54) is 0 Å². The van der Waals surface area contributed by atoms with Crippen molar-refractivity contribution in [2.75, 3.05) is 0 Å². The Balaban J connectivity index is 2.01.